The van der Waals surface area contributed by atoms with Gasteiger partial charge >= 0.3 is 0 Å². The number of carbonyl (C=O) groups excluding carboxylic acids is 2. The van der Waals surface area contributed by atoms with Crippen molar-refractivity contribution < 1.29 is 19.4 Å². The Bertz CT molecular complexity index is 1770. The van der Waals surface area contributed by atoms with Crippen LogP contribution in [0.5, 0.6) is 5.75 Å². The standard InChI is InChI=1S/C34H28N2O4/c1-21-12-15-25(16-13-21)36-31(27-19-35-28-11-7-6-10-26(27)28)30(33(38)34(36)39)32(37)24-14-17-29(22(2)18-24)40-20-23-8-4-3-5-9-23/h3-19,31,35,37H,20H2,1-2H3/b32-30+. The van der Waals surface area contributed by atoms with E-state index < -0.39 is 17.7 Å². The van der Waals surface area contributed by atoms with Gasteiger partial charge in [-0.1, -0.05) is 66.2 Å². The van der Waals surface area contributed by atoms with Gasteiger partial charge < -0.3 is 14.8 Å². The number of aliphatic hydroxyl groups is 1. The first-order valence-corrected chi connectivity index (χ1v) is 13.1. The highest BCUT2D eigenvalue weighted by atomic mass is 16.5. The van der Waals surface area contributed by atoms with Crippen molar-refractivity contribution in [3.8, 4) is 5.75 Å². The van der Waals surface area contributed by atoms with Gasteiger partial charge in [-0.3, -0.25) is 14.5 Å². The van der Waals surface area contributed by atoms with Gasteiger partial charge in [0.05, 0.1) is 11.6 Å². The highest BCUT2D eigenvalue weighted by Crippen LogP contribution is 2.44. The van der Waals surface area contributed by atoms with E-state index in [0.717, 1.165) is 33.2 Å². The summed E-state index contributed by atoms with van der Waals surface area (Å²) in [7, 11) is 0. The fourth-order valence-corrected chi connectivity index (χ4v) is 5.27. The second kappa shape index (κ2) is 10.2. The van der Waals surface area contributed by atoms with Gasteiger partial charge in [-0.25, -0.2) is 0 Å². The Morgan fingerprint density at radius 2 is 1.62 bits per heavy atom. The number of aromatic nitrogens is 1. The number of amides is 1. The number of anilines is 1. The molecule has 198 valence electrons. The third-order valence-electron chi connectivity index (χ3n) is 7.36. The molecular weight excluding hydrogens is 500 g/mol. The fraction of sp³-hybridized carbons (Fsp3) is 0.118. The number of nitrogens with zero attached hydrogens (tertiary/aromatic N) is 1. The van der Waals surface area contributed by atoms with Crippen LogP contribution in [0.3, 0.4) is 0 Å². The van der Waals surface area contributed by atoms with E-state index in [1.807, 2.05) is 92.7 Å². The van der Waals surface area contributed by atoms with Gasteiger partial charge in [0.15, 0.2) is 0 Å². The first-order valence-electron chi connectivity index (χ1n) is 13.1. The highest BCUT2D eigenvalue weighted by Gasteiger charge is 2.47. The fourth-order valence-electron chi connectivity index (χ4n) is 5.27. The molecule has 1 amide bonds. The number of nitrogens with one attached hydrogen (secondary N) is 1. The number of Topliss-reactive ketones (excluding diaryl/α,β-unsaturated/α-hetero) is 1. The van der Waals surface area contributed by atoms with Gasteiger partial charge in [0.1, 0.15) is 18.1 Å². The lowest BCUT2D eigenvalue weighted by Crippen LogP contribution is -2.29. The van der Waals surface area contributed by atoms with Gasteiger partial charge in [0.2, 0.25) is 0 Å². The second-order valence-electron chi connectivity index (χ2n) is 10.0. The monoisotopic (exact) mass is 528 g/mol. The van der Waals surface area contributed by atoms with Crippen molar-refractivity contribution in [2.24, 2.45) is 0 Å². The molecule has 0 bridgehead atoms. The maximum atomic E-state index is 13.6. The van der Waals surface area contributed by atoms with E-state index in [4.69, 9.17) is 4.74 Å². The number of fused-ring (bicyclic) bond motifs is 1. The third kappa shape index (κ3) is 4.43. The molecule has 1 fully saturated rings. The van der Waals surface area contributed by atoms with Crippen LogP contribution in [0.1, 0.15) is 33.9 Å². The second-order valence-corrected chi connectivity index (χ2v) is 10.0. The van der Waals surface area contributed by atoms with Crippen molar-refractivity contribution in [1.82, 2.24) is 4.98 Å². The Hall–Kier alpha value is -5.10. The average Bonchev–Trinajstić information content (AvgIpc) is 3.51. The van der Waals surface area contributed by atoms with Gasteiger partial charge in [0, 0.05) is 33.9 Å². The largest absolute Gasteiger partial charge is 0.507 e. The van der Waals surface area contributed by atoms with Crippen LogP contribution < -0.4 is 9.64 Å². The molecule has 0 radical (unpaired) electrons. The molecule has 6 rings (SSSR count). The number of aliphatic hydroxyl groups excluding tert-OH is 1. The van der Waals surface area contributed by atoms with E-state index >= 15 is 0 Å². The molecule has 6 heteroatoms. The van der Waals surface area contributed by atoms with E-state index in [1.165, 1.54) is 4.90 Å². The number of ketones is 1. The van der Waals surface area contributed by atoms with E-state index in [9.17, 15) is 14.7 Å². The molecule has 4 aromatic carbocycles. The number of H-pyrrole nitrogens is 1. The summed E-state index contributed by atoms with van der Waals surface area (Å²) in [5.41, 5.74) is 5.57. The normalized spacial score (nSPS) is 16.6. The summed E-state index contributed by atoms with van der Waals surface area (Å²) in [6.45, 7) is 4.26. The first-order chi connectivity index (χ1) is 19.4. The maximum Gasteiger partial charge on any atom is 0.300 e. The molecule has 1 aliphatic rings. The van der Waals surface area contributed by atoms with E-state index in [2.05, 4.69) is 4.98 Å². The van der Waals surface area contributed by atoms with Crippen LogP contribution in [0.25, 0.3) is 16.7 Å². The van der Waals surface area contributed by atoms with Gasteiger partial charge in [-0.2, -0.15) is 0 Å². The molecule has 1 aliphatic heterocycles. The van der Waals surface area contributed by atoms with Gasteiger partial charge in [-0.05, 0) is 61.4 Å². The SMILES string of the molecule is Cc1ccc(N2C(=O)C(=O)/C(=C(/O)c3ccc(OCc4ccccc4)c(C)c3)C2c2c[nH]c3ccccc23)cc1. The molecule has 2 N–H and O–H groups in total. The molecule has 5 aromatic rings. The van der Waals surface area contributed by atoms with Crippen molar-refractivity contribution >= 4 is 34.0 Å². The number of benzene rings is 4. The maximum absolute atomic E-state index is 13.6. The molecule has 1 unspecified atom stereocenters. The Morgan fingerprint density at radius 3 is 2.38 bits per heavy atom. The molecule has 2 heterocycles. The Labute approximate surface area is 232 Å². The minimum Gasteiger partial charge on any atom is -0.507 e. The van der Waals surface area contributed by atoms with Gasteiger partial charge in [-0.15, -0.1) is 0 Å². The van der Waals surface area contributed by atoms with Crippen LogP contribution in [-0.4, -0.2) is 21.8 Å². The molecule has 6 nitrogen and oxygen atoms in total. The Morgan fingerprint density at radius 1 is 0.900 bits per heavy atom. The number of hydrogen-bond acceptors (Lipinski definition) is 4. The lowest BCUT2D eigenvalue weighted by molar-refractivity contribution is -0.132. The smallest absolute Gasteiger partial charge is 0.300 e. The minimum atomic E-state index is -0.812. The Kier molecular flexibility index (Phi) is 6.44. The van der Waals surface area contributed by atoms with Crippen LogP contribution in [0.15, 0.2) is 109 Å². The van der Waals surface area contributed by atoms with Crippen molar-refractivity contribution in [3.63, 3.8) is 0 Å². The minimum absolute atomic E-state index is 0.0488. The molecule has 0 aliphatic carbocycles. The predicted molar refractivity (Wildman–Crippen MR) is 156 cm³/mol. The quantitative estimate of drug-likeness (QED) is 0.141. The van der Waals surface area contributed by atoms with Crippen LogP contribution in [0.2, 0.25) is 0 Å². The highest BCUT2D eigenvalue weighted by molar-refractivity contribution is 6.51. The van der Waals surface area contributed by atoms with E-state index in [0.29, 0.717) is 23.6 Å². The molecule has 1 saturated heterocycles. The number of ether oxygens (including phenoxy) is 1. The van der Waals surface area contributed by atoms with Crippen molar-refractivity contribution in [2.75, 3.05) is 4.90 Å². The van der Waals surface area contributed by atoms with Gasteiger partial charge in [0.25, 0.3) is 11.7 Å². The predicted octanol–water partition coefficient (Wildman–Crippen LogP) is 6.99. The summed E-state index contributed by atoms with van der Waals surface area (Å²) in [6, 6.07) is 29.5. The molecule has 0 saturated carbocycles. The van der Waals surface area contributed by atoms with E-state index in [-0.39, 0.29) is 11.3 Å². The van der Waals surface area contributed by atoms with E-state index in [1.54, 1.807) is 24.4 Å². The third-order valence-corrected chi connectivity index (χ3v) is 7.36. The first kappa shape index (κ1) is 25.2. The molecule has 1 atom stereocenters. The zero-order valence-corrected chi connectivity index (χ0v) is 22.2. The summed E-state index contributed by atoms with van der Waals surface area (Å²) in [5.74, 6) is -0.953. The molecule has 1 aromatic heterocycles. The number of para-hydroxylation sites is 1. The number of rotatable bonds is 6. The average molecular weight is 529 g/mol. The summed E-state index contributed by atoms with van der Waals surface area (Å²) >= 11 is 0. The molecule has 40 heavy (non-hydrogen) atoms. The summed E-state index contributed by atoms with van der Waals surface area (Å²) in [4.78, 5) is 31.8. The summed E-state index contributed by atoms with van der Waals surface area (Å²) in [6.07, 6.45) is 1.81. The van der Waals surface area contributed by atoms with Crippen molar-refractivity contribution in [2.45, 2.75) is 26.5 Å². The zero-order chi connectivity index (χ0) is 27.8. The zero-order valence-electron chi connectivity index (χ0n) is 22.2. The summed E-state index contributed by atoms with van der Waals surface area (Å²) in [5, 5.41) is 12.5. The number of aryl methyl sites for hydroxylation is 2. The number of hydrogen-bond donors (Lipinski definition) is 2. The number of carbonyl (C=O) groups is 2. The van der Waals surface area contributed by atoms with Crippen LogP contribution in [-0.2, 0) is 16.2 Å². The molecular formula is C34H28N2O4. The lowest BCUT2D eigenvalue weighted by Gasteiger charge is -2.25. The van der Waals surface area contributed by atoms with Crippen LogP contribution in [0.4, 0.5) is 5.69 Å². The number of aromatic amines is 1. The topological polar surface area (TPSA) is 82.6 Å². The molecule has 0 spiro atoms. The van der Waals surface area contributed by atoms with Crippen LogP contribution >= 0.6 is 0 Å². The summed E-state index contributed by atoms with van der Waals surface area (Å²) < 4.78 is 6.00. The lowest BCUT2D eigenvalue weighted by atomic mass is 9.94. The van der Waals surface area contributed by atoms with Crippen LogP contribution in [0, 0.1) is 13.8 Å². The van der Waals surface area contributed by atoms with Crippen molar-refractivity contribution in [1.29, 1.82) is 0 Å². The van der Waals surface area contributed by atoms with Crippen molar-refractivity contribution in [3.05, 3.63) is 137 Å². The Balaban J connectivity index is 1.44.